The predicted molar refractivity (Wildman–Crippen MR) is 149 cm³/mol. The largest absolute Gasteiger partial charge is 0.586 e. The van der Waals surface area contributed by atoms with Crippen LogP contribution in [0.2, 0.25) is 0 Å². The van der Waals surface area contributed by atoms with Gasteiger partial charge in [-0.1, -0.05) is 6.07 Å². The minimum absolute atomic E-state index is 0.102. The summed E-state index contributed by atoms with van der Waals surface area (Å²) in [6, 6.07) is 5.83. The fraction of sp³-hybridized carbons (Fsp3) is 0.516. The number of fused-ring (bicyclic) bond motifs is 5. The molecule has 3 saturated carbocycles. The van der Waals surface area contributed by atoms with Gasteiger partial charge >= 0.3 is 18.4 Å². The molecule has 4 heterocycles. The number of nitrogens with zero attached hydrogens (tertiary/aromatic N) is 4. The molecule has 3 fully saturated rings. The molecule has 2 aromatic heterocycles. The molecule has 0 spiro atoms. The van der Waals surface area contributed by atoms with Gasteiger partial charge in [0.1, 0.15) is 17.7 Å². The average molecular weight is 635 g/mol. The molecule has 5 aliphatic rings. The van der Waals surface area contributed by atoms with E-state index in [0.717, 1.165) is 0 Å². The summed E-state index contributed by atoms with van der Waals surface area (Å²) in [4.78, 5) is 18.2. The predicted octanol–water partition coefficient (Wildman–Crippen LogP) is 6.93. The van der Waals surface area contributed by atoms with Crippen molar-refractivity contribution in [3.63, 3.8) is 0 Å². The fourth-order valence-electron chi connectivity index (χ4n) is 7.42. The summed E-state index contributed by atoms with van der Waals surface area (Å²) < 4.78 is 86.1. The molecule has 0 amide bonds. The van der Waals surface area contributed by atoms with Crippen LogP contribution in [0.1, 0.15) is 74.8 Å². The Morgan fingerprint density at radius 1 is 1.07 bits per heavy atom. The summed E-state index contributed by atoms with van der Waals surface area (Å²) in [6.45, 7) is 2.75. The second-order valence-electron chi connectivity index (χ2n) is 12.7. The monoisotopic (exact) mass is 634 g/mol. The van der Waals surface area contributed by atoms with Gasteiger partial charge in [-0.3, -0.25) is 9.78 Å². The summed E-state index contributed by atoms with van der Waals surface area (Å²) in [5.41, 5.74) is -0.879. The molecule has 2 bridgehead atoms. The van der Waals surface area contributed by atoms with Gasteiger partial charge in [0, 0.05) is 24.7 Å². The van der Waals surface area contributed by atoms with Gasteiger partial charge in [0.25, 0.3) is 0 Å². The van der Waals surface area contributed by atoms with Crippen LogP contribution in [0.15, 0.2) is 36.7 Å². The zero-order chi connectivity index (χ0) is 31.8. The number of pyridine rings is 1. The van der Waals surface area contributed by atoms with Gasteiger partial charge in [0.05, 0.1) is 23.5 Å². The number of aromatic nitrogens is 3. The third kappa shape index (κ3) is 5.21. The number of benzene rings is 1. The van der Waals surface area contributed by atoms with E-state index in [1.807, 2.05) is 4.90 Å². The Bertz CT molecular complexity index is 1630. The van der Waals surface area contributed by atoms with E-state index in [2.05, 4.69) is 19.6 Å². The number of ether oxygens (including phenoxy) is 3. The Kier molecular flexibility index (Phi) is 6.72. The molecule has 2 aliphatic heterocycles. The van der Waals surface area contributed by atoms with Crippen molar-refractivity contribution in [2.24, 2.45) is 10.8 Å². The van der Waals surface area contributed by atoms with E-state index < -0.39 is 35.7 Å². The molecule has 3 aliphatic carbocycles. The molecule has 45 heavy (non-hydrogen) atoms. The Hall–Kier alpha value is -4.10. The number of rotatable bonds is 7. The summed E-state index contributed by atoms with van der Waals surface area (Å²) in [6.07, 6.45) is -1.63. The highest BCUT2D eigenvalue weighted by atomic mass is 19.4. The van der Waals surface area contributed by atoms with Crippen LogP contribution in [0.3, 0.4) is 0 Å². The lowest BCUT2D eigenvalue weighted by Gasteiger charge is -2.53. The van der Waals surface area contributed by atoms with Crippen LogP contribution in [0.4, 0.5) is 27.8 Å². The number of anilines is 1. The van der Waals surface area contributed by atoms with Crippen molar-refractivity contribution in [1.82, 2.24) is 14.8 Å². The molecular weight excluding hydrogens is 603 g/mol. The van der Waals surface area contributed by atoms with Crippen LogP contribution < -0.4 is 19.1 Å². The third-order valence-corrected chi connectivity index (χ3v) is 9.91. The lowest BCUT2D eigenvalue weighted by Crippen LogP contribution is -2.51. The van der Waals surface area contributed by atoms with Crippen LogP contribution >= 0.6 is 0 Å². The Morgan fingerprint density at radius 3 is 2.47 bits per heavy atom. The van der Waals surface area contributed by atoms with Gasteiger partial charge in [-0.15, -0.1) is 8.78 Å². The van der Waals surface area contributed by atoms with E-state index in [4.69, 9.17) is 4.74 Å². The quantitative estimate of drug-likeness (QED) is 0.280. The van der Waals surface area contributed by atoms with Gasteiger partial charge < -0.3 is 24.2 Å². The number of carboxylic acid groups (broad SMARTS) is 1. The van der Waals surface area contributed by atoms with E-state index in [1.165, 1.54) is 29.2 Å². The smallest absolute Gasteiger partial charge is 0.484 e. The van der Waals surface area contributed by atoms with Crippen molar-refractivity contribution in [2.75, 3.05) is 18.0 Å². The average Bonchev–Trinajstić information content (AvgIpc) is 3.55. The highest BCUT2D eigenvalue weighted by molar-refractivity contribution is 5.75. The lowest BCUT2D eigenvalue weighted by molar-refractivity contribution is -0.286. The minimum Gasteiger partial charge on any atom is -0.484 e. The maximum atomic E-state index is 14.3. The zero-order valence-corrected chi connectivity index (χ0v) is 24.4. The molecule has 14 heteroatoms. The molecule has 8 rings (SSSR count). The van der Waals surface area contributed by atoms with Crippen LogP contribution in [0.5, 0.6) is 17.2 Å². The first-order chi connectivity index (χ1) is 21.3. The van der Waals surface area contributed by atoms with Crippen molar-refractivity contribution < 1.29 is 46.1 Å². The third-order valence-electron chi connectivity index (χ3n) is 9.91. The normalized spacial score (nSPS) is 25.6. The summed E-state index contributed by atoms with van der Waals surface area (Å²) in [7, 11) is 0. The molecule has 9 nitrogen and oxygen atoms in total. The van der Waals surface area contributed by atoms with Gasteiger partial charge in [-0.25, -0.2) is 4.68 Å². The van der Waals surface area contributed by atoms with Gasteiger partial charge in [0.15, 0.2) is 17.2 Å². The van der Waals surface area contributed by atoms with E-state index in [9.17, 15) is 31.9 Å². The second-order valence-corrected chi connectivity index (χ2v) is 12.7. The van der Waals surface area contributed by atoms with Crippen LogP contribution in [-0.2, 0) is 17.4 Å². The Labute approximate surface area is 254 Å². The standard InChI is InChI=1S/C31H31F5N4O5/c1-18(19-4-5-23-24(13-19)45-31(35,36)44-23)43-21-14-20(15-37-16-21)40-26-22(25(38-40)30(32,33)34)3-2-12-39(26)17-28-6-9-29(10-7-28,11-8-28)27(41)42/h4-5,13-16,18H,2-3,6-12,17H2,1H3,(H,41,42)/t18-,28?,29?/m0/s1. The maximum absolute atomic E-state index is 14.3. The van der Waals surface area contributed by atoms with Crippen molar-refractivity contribution in [2.45, 2.75) is 76.9 Å². The van der Waals surface area contributed by atoms with E-state index >= 15 is 0 Å². The fourth-order valence-corrected chi connectivity index (χ4v) is 7.42. The van der Waals surface area contributed by atoms with Crippen LogP contribution in [0.25, 0.3) is 5.69 Å². The van der Waals surface area contributed by atoms with Gasteiger partial charge in [-0.05, 0) is 81.4 Å². The number of aliphatic carboxylic acids is 1. The number of hydrogen-bond acceptors (Lipinski definition) is 7. The van der Waals surface area contributed by atoms with E-state index in [1.54, 1.807) is 19.1 Å². The molecule has 0 unspecified atom stereocenters. The molecule has 3 aromatic rings. The first-order valence-corrected chi connectivity index (χ1v) is 15.0. The molecular formula is C31H31F5N4O5. The van der Waals surface area contributed by atoms with Crippen molar-refractivity contribution in [3.8, 4) is 22.9 Å². The number of carbonyl (C=O) groups is 1. The molecule has 0 saturated heterocycles. The second kappa shape index (κ2) is 10.2. The molecule has 1 N–H and O–H groups in total. The number of halogens is 5. The van der Waals surface area contributed by atoms with Crippen molar-refractivity contribution in [3.05, 3.63) is 53.5 Å². The van der Waals surface area contributed by atoms with E-state index in [-0.39, 0.29) is 40.3 Å². The first kappa shape index (κ1) is 29.6. The zero-order valence-electron chi connectivity index (χ0n) is 24.4. The molecule has 1 atom stereocenters. The van der Waals surface area contributed by atoms with Crippen LogP contribution in [0, 0.1) is 10.8 Å². The van der Waals surface area contributed by atoms with Gasteiger partial charge in [-0.2, -0.15) is 18.3 Å². The molecule has 1 aromatic carbocycles. The molecule has 240 valence electrons. The number of alkyl halides is 5. The van der Waals surface area contributed by atoms with Crippen molar-refractivity contribution >= 4 is 11.8 Å². The summed E-state index contributed by atoms with van der Waals surface area (Å²) >= 11 is 0. The maximum Gasteiger partial charge on any atom is 0.586 e. The Morgan fingerprint density at radius 2 is 1.78 bits per heavy atom. The van der Waals surface area contributed by atoms with Gasteiger partial charge in [0.2, 0.25) is 0 Å². The number of carboxylic acids is 1. The minimum atomic E-state index is -4.67. The topological polar surface area (TPSA) is 98.9 Å². The lowest BCUT2D eigenvalue weighted by atomic mass is 9.53. The summed E-state index contributed by atoms with van der Waals surface area (Å²) in [5.74, 6) is -0.381. The van der Waals surface area contributed by atoms with Crippen LogP contribution in [-0.4, -0.2) is 45.2 Å². The number of hydrogen-bond donors (Lipinski definition) is 1. The van der Waals surface area contributed by atoms with E-state index in [0.29, 0.717) is 69.4 Å². The molecule has 0 radical (unpaired) electrons. The van der Waals surface area contributed by atoms with Crippen molar-refractivity contribution in [1.29, 1.82) is 0 Å². The highest BCUT2D eigenvalue weighted by Crippen LogP contribution is 2.58. The first-order valence-electron chi connectivity index (χ1n) is 15.0. The highest BCUT2D eigenvalue weighted by Gasteiger charge is 2.53. The Balaban J connectivity index is 1.18. The SMILES string of the molecule is C[C@H](Oc1cncc(-n2nc(C(F)(F)F)c3c2N(CC24CCC(C(=O)O)(CC2)CC4)CCC3)c1)c1ccc2c(c1)OC(F)(F)O2. The summed E-state index contributed by atoms with van der Waals surface area (Å²) in [5, 5.41) is 13.9.